The fraction of sp³-hybridized carbons (Fsp3) is 0.833. The Labute approximate surface area is 113 Å². The van der Waals surface area contributed by atoms with Crippen molar-refractivity contribution in [1.29, 1.82) is 0 Å². The molecule has 2 rings (SSSR count). The average Bonchev–Trinajstić information content (AvgIpc) is 2.65. The second kappa shape index (κ2) is 5.11. The van der Waals surface area contributed by atoms with Crippen molar-refractivity contribution in [3.63, 3.8) is 0 Å². The molecule has 0 spiro atoms. The SMILES string of the molecule is CCC1C(=O)NC(C)C(=O)N1CC1CCCS1(=O)=O. The summed E-state index contributed by atoms with van der Waals surface area (Å²) < 4.78 is 23.7. The molecule has 1 N–H and O–H groups in total. The highest BCUT2D eigenvalue weighted by Crippen LogP contribution is 2.23. The van der Waals surface area contributed by atoms with Gasteiger partial charge in [0.25, 0.3) is 0 Å². The lowest BCUT2D eigenvalue weighted by Crippen LogP contribution is -2.63. The summed E-state index contributed by atoms with van der Waals surface area (Å²) in [6.07, 6.45) is 1.73. The number of hydrogen-bond donors (Lipinski definition) is 1. The fourth-order valence-corrected chi connectivity index (χ4v) is 4.64. The van der Waals surface area contributed by atoms with Gasteiger partial charge in [0.15, 0.2) is 9.84 Å². The van der Waals surface area contributed by atoms with E-state index in [2.05, 4.69) is 5.32 Å². The van der Waals surface area contributed by atoms with Crippen molar-refractivity contribution in [2.24, 2.45) is 0 Å². The number of nitrogens with zero attached hydrogens (tertiary/aromatic N) is 1. The molecule has 3 atom stereocenters. The van der Waals surface area contributed by atoms with Crippen molar-refractivity contribution < 1.29 is 18.0 Å². The van der Waals surface area contributed by atoms with Crippen LogP contribution in [-0.2, 0) is 19.4 Å². The first kappa shape index (κ1) is 14.3. The van der Waals surface area contributed by atoms with Crippen molar-refractivity contribution in [3.8, 4) is 0 Å². The average molecular weight is 288 g/mol. The molecule has 7 heteroatoms. The minimum atomic E-state index is -3.10. The van der Waals surface area contributed by atoms with Gasteiger partial charge in [-0.15, -0.1) is 0 Å². The third kappa shape index (κ3) is 2.61. The molecular formula is C12H20N2O4S. The van der Waals surface area contributed by atoms with Crippen molar-refractivity contribution >= 4 is 21.7 Å². The zero-order valence-electron chi connectivity index (χ0n) is 11.3. The number of hydrogen-bond acceptors (Lipinski definition) is 4. The van der Waals surface area contributed by atoms with Gasteiger partial charge in [-0.2, -0.15) is 0 Å². The van der Waals surface area contributed by atoms with Gasteiger partial charge < -0.3 is 10.2 Å². The van der Waals surface area contributed by atoms with E-state index in [4.69, 9.17) is 0 Å². The summed E-state index contributed by atoms with van der Waals surface area (Å²) in [5.74, 6) is -0.184. The lowest BCUT2D eigenvalue weighted by Gasteiger charge is -2.38. The van der Waals surface area contributed by atoms with Gasteiger partial charge in [-0.25, -0.2) is 8.42 Å². The molecule has 2 aliphatic rings. The highest BCUT2D eigenvalue weighted by molar-refractivity contribution is 7.92. The molecular weight excluding hydrogens is 268 g/mol. The zero-order chi connectivity index (χ0) is 14.2. The molecule has 108 valence electrons. The van der Waals surface area contributed by atoms with Crippen LogP contribution in [0.25, 0.3) is 0 Å². The zero-order valence-corrected chi connectivity index (χ0v) is 12.1. The second-order valence-corrected chi connectivity index (χ2v) is 7.68. The van der Waals surface area contributed by atoms with E-state index in [1.165, 1.54) is 4.90 Å². The molecule has 0 aromatic rings. The monoisotopic (exact) mass is 288 g/mol. The van der Waals surface area contributed by atoms with Crippen LogP contribution in [0.3, 0.4) is 0 Å². The normalized spacial score (nSPS) is 34.4. The number of carbonyl (C=O) groups excluding carboxylic acids is 2. The standard InChI is InChI=1S/C12H20N2O4S/c1-3-10-11(15)13-8(2)12(16)14(10)7-9-5-4-6-19(9,17)18/h8-10H,3-7H2,1-2H3,(H,13,15). The Hall–Kier alpha value is -1.11. The Balaban J connectivity index is 2.20. The number of piperazine rings is 1. The van der Waals surface area contributed by atoms with E-state index in [-0.39, 0.29) is 24.1 Å². The van der Waals surface area contributed by atoms with E-state index in [1.807, 2.05) is 6.92 Å². The van der Waals surface area contributed by atoms with Gasteiger partial charge in [0.2, 0.25) is 11.8 Å². The largest absolute Gasteiger partial charge is 0.343 e. The molecule has 2 fully saturated rings. The summed E-state index contributed by atoms with van der Waals surface area (Å²) in [5, 5.41) is 2.12. The van der Waals surface area contributed by atoms with E-state index in [0.717, 1.165) is 0 Å². The maximum absolute atomic E-state index is 12.2. The molecule has 2 amide bonds. The number of carbonyl (C=O) groups is 2. The topological polar surface area (TPSA) is 83.6 Å². The van der Waals surface area contributed by atoms with Crippen molar-refractivity contribution in [3.05, 3.63) is 0 Å². The number of nitrogens with one attached hydrogen (secondary N) is 1. The lowest BCUT2D eigenvalue weighted by atomic mass is 10.0. The number of sulfone groups is 1. The predicted molar refractivity (Wildman–Crippen MR) is 70.2 cm³/mol. The predicted octanol–water partition coefficient (Wildman–Crippen LogP) is -0.311. The van der Waals surface area contributed by atoms with Crippen LogP contribution in [0, 0.1) is 0 Å². The van der Waals surface area contributed by atoms with Crippen molar-refractivity contribution in [1.82, 2.24) is 10.2 Å². The lowest BCUT2D eigenvalue weighted by molar-refractivity contribution is -0.148. The molecule has 0 saturated carbocycles. The van der Waals surface area contributed by atoms with Gasteiger partial charge in [-0.1, -0.05) is 6.92 Å². The molecule has 2 heterocycles. The van der Waals surface area contributed by atoms with Crippen LogP contribution in [0.5, 0.6) is 0 Å². The van der Waals surface area contributed by atoms with Gasteiger partial charge in [0.05, 0.1) is 11.0 Å². The molecule has 6 nitrogen and oxygen atoms in total. The molecule has 3 unspecified atom stereocenters. The molecule has 19 heavy (non-hydrogen) atoms. The molecule has 0 aromatic heterocycles. The summed E-state index contributed by atoms with van der Waals surface area (Å²) in [6, 6.07) is -1.11. The highest BCUT2D eigenvalue weighted by Gasteiger charge is 2.41. The summed E-state index contributed by atoms with van der Waals surface area (Å²) in [7, 11) is -3.10. The number of rotatable bonds is 3. The summed E-state index contributed by atoms with van der Waals surface area (Å²) in [6.45, 7) is 3.60. The first-order valence-electron chi connectivity index (χ1n) is 6.69. The van der Waals surface area contributed by atoms with Crippen molar-refractivity contribution in [2.75, 3.05) is 12.3 Å². The molecule has 0 aromatic carbocycles. The Morgan fingerprint density at radius 3 is 2.58 bits per heavy atom. The minimum Gasteiger partial charge on any atom is -0.343 e. The maximum Gasteiger partial charge on any atom is 0.245 e. The van der Waals surface area contributed by atoms with Crippen LogP contribution in [0.15, 0.2) is 0 Å². The van der Waals surface area contributed by atoms with Crippen LogP contribution in [0.4, 0.5) is 0 Å². The van der Waals surface area contributed by atoms with E-state index in [1.54, 1.807) is 6.92 Å². The van der Waals surface area contributed by atoms with Crippen LogP contribution in [-0.4, -0.2) is 54.8 Å². The van der Waals surface area contributed by atoms with Crippen LogP contribution >= 0.6 is 0 Å². The van der Waals surface area contributed by atoms with Crippen LogP contribution in [0.1, 0.15) is 33.1 Å². The fourth-order valence-electron chi connectivity index (χ4n) is 2.82. The van der Waals surface area contributed by atoms with E-state index in [0.29, 0.717) is 19.3 Å². The van der Waals surface area contributed by atoms with E-state index in [9.17, 15) is 18.0 Å². The molecule has 2 saturated heterocycles. The first-order valence-corrected chi connectivity index (χ1v) is 8.40. The van der Waals surface area contributed by atoms with Gasteiger partial charge in [0, 0.05) is 6.54 Å². The Morgan fingerprint density at radius 1 is 1.37 bits per heavy atom. The maximum atomic E-state index is 12.2. The molecule has 0 radical (unpaired) electrons. The minimum absolute atomic E-state index is 0.150. The third-order valence-corrected chi connectivity index (χ3v) is 6.20. The van der Waals surface area contributed by atoms with Crippen LogP contribution < -0.4 is 5.32 Å². The Bertz CT molecular complexity index is 488. The van der Waals surface area contributed by atoms with Gasteiger partial charge in [-0.3, -0.25) is 9.59 Å². The smallest absolute Gasteiger partial charge is 0.245 e. The van der Waals surface area contributed by atoms with Crippen LogP contribution in [0.2, 0.25) is 0 Å². The highest BCUT2D eigenvalue weighted by atomic mass is 32.2. The summed E-state index contributed by atoms with van der Waals surface area (Å²) in [5.41, 5.74) is 0. The van der Waals surface area contributed by atoms with E-state index >= 15 is 0 Å². The Morgan fingerprint density at radius 2 is 2.05 bits per heavy atom. The first-order chi connectivity index (χ1) is 8.86. The second-order valence-electron chi connectivity index (χ2n) is 5.28. The van der Waals surface area contributed by atoms with E-state index < -0.39 is 27.2 Å². The quantitative estimate of drug-likeness (QED) is 0.772. The molecule has 2 aliphatic heterocycles. The van der Waals surface area contributed by atoms with Gasteiger partial charge in [-0.05, 0) is 26.2 Å². The third-order valence-electron chi connectivity index (χ3n) is 3.94. The summed E-state index contributed by atoms with van der Waals surface area (Å²) in [4.78, 5) is 25.5. The van der Waals surface area contributed by atoms with Gasteiger partial charge in [0.1, 0.15) is 12.1 Å². The van der Waals surface area contributed by atoms with Crippen molar-refractivity contribution in [2.45, 2.75) is 50.4 Å². The summed E-state index contributed by atoms with van der Waals surface area (Å²) >= 11 is 0. The number of amides is 2. The van der Waals surface area contributed by atoms with Gasteiger partial charge >= 0.3 is 0 Å². The Kier molecular flexibility index (Phi) is 3.85. The molecule has 0 aliphatic carbocycles. The molecule has 0 bridgehead atoms.